The van der Waals surface area contributed by atoms with Crippen LogP contribution < -0.4 is 10.6 Å². The third kappa shape index (κ3) is 5.59. The molecule has 1 fully saturated rings. The quantitative estimate of drug-likeness (QED) is 0.635. The van der Waals surface area contributed by atoms with E-state index in [-0.39, 0.29) is 6.09 Å². The van der Waals surface area contributed by atoms with Crippen molar-refractivity contribution in [2.75, 3.05) is 45.9 Å². The van der Waals surface area contributed by atoms with E-state index in [1.165, 1.54) is 0 Å². The van der Waals surface area contributed by atoms with Gasteiger partial charge in [0.2, 0.25) is 0 Å². The summed E-state index contributed by atoms with van der Waals surface area (Å²) < 4.78 is 4.76. The topological polar surface area (TPSA) is 53.6 Å². The molecule has 0 aromatic rings. The van der Waals surface area contributed by atoms with Crippen molar-refractivity contribution in [3.8, 4) is 0 Å². The van der Waals surface area contributed by atoms with Crippen LogP contribution in [0.5, 0.6) is 0 Å². The zero-order valence-electron chi connectivity index (χ0n) is 9.42. The Labute approximate surface area is 91.2 Å². The summed E-state index contributed by atoms with van der Waals surface area (Å²) in [4.78, 5) is 13.3. The Kier molecular flexibility index (Phi) is 6.11. The van der Waals surface area contributed by atoms with Gasteiger partial charge in [-0.25, -0.2) is 4.79 Å². The molecule has 0 radical (unpaired) electrons. The molecule has 0 unspecified atom stereocenters. The molecule has 15 heavy (non-hydrogen) atoms. The van der Waals surface area contributed by atoms with Crippen molar-refractivity contribution >= 4 is 6.09 Å². The summed E-state index contributed by atoms with van der Waals surface area (Å²) in [5.74, 6) is 0. The Bertz CT molecular complexity index is 182. The predicted molar refractivity (Wildman–Crippen MR) is 59.0 cm³/mol. The van der Waals surface area contributed by atoms with Crippen molar-refractivity contribution in [1.82, 2.24) is 15.5 Å². The van der Waals surface area contributed by atoms with Crippen molar-refractivity contribution < 1.29 is 9.53 Å². The molecule has 1 aliphatic rings. The van der Waals surface area contributed by atoms with E-state index in [9.17, 15) is 4.79 Å². The van der Waals surface area contributed by atoms with Gasteiger partial charge in [-0.15, -0.1) is 0 Å². The van der Waals surface area contributed by atoms with Crippen LogP contribution in [0.3, 0.4) is 0 Å². The molecule has 0 atom stereocenters. The second-order valence-electron chi connectivity index (χ2n) is 3.59. The molecule has 1 saturated heterocycles. The Morgan fingerprint density at radius 2 is 2.20 bits per heavy atom. The van der Waals surface area contributed by atoms with Crippen molar-refractivity contribution in [3.05, 3.63) is 0 Å². The van der Waals surface area contributed by atoms with Crippen LogP contribution in [0.25, 0.3) is 0 Å². The summed E-state index contributed by atoms with van der Waals surface area (Å²) in [5, 5.41) is 6.03. The number of nitrogens with one attached hydrogen (secondary N) is 2. The minimum atomic E-state index is -0.308. The molecule has 0 aliphatic carbocycles. The maximum atomic E-state index is 10.9. The van der Waals surface area contributed by atoms with E-state index in [0.717, 1.165) is 39.1 Å². The first kappa shape index (κ1) is 12.3. The van der Waals surface area contributed by atoms with Crippen LogP contribution in [-0.2, 0) is 4.74 Å². The SMILES string of the molecule is CCOC(=O)NCCCN1CCNCC1. The van der Waals surface area contributed by atoms with Crippen LogP contribution in [-0.4, -0.2) is 56.9 Å². The predicted octanol–water partition coefficient (Wildman–Crippen LogP) is 0.0278. The van der Waals surface area contributed by atoms with E-state index >= 15 is 0 Å². The lowest BCUT2D eigenvalue weighted by atomic mass is 10.3. The molecule has 0 spiro atoms. The van der Waals surface area contributed by atoms with Gasteiger partial charge in [-0.2, -0.15) is 0 Å². The molecule has 5 heteroatoms. The van der Waals surface area contributed by atoms with E-state index in [1.54, 1.807) is 6.92 Å². The van der Waals surface area contributed by atoms with Crippen LogP contribution in [0.2, 0.25) is 0 Å². The summed E-state index contributed by atoms with van der Waals surface area (Å²) in [5.41, 5.74) is 0. The molecule has 1 amide bonds. The molecule has 88 valence electrons. The molecule has 5 nitrogen and oxygen atoms in total. The monoisotopic (exact) mass is 215 g/mol. The Morgan fingerprint density at radius 3 is 2.87 bits per heavy atom. The number of piperazine rings is 1. The normalized spacial score (nSPS) is 17.4. The van der Waals surface area contributed by atoms with Crippen molar-refractivity contribution in [2.24, 2.45) is 0 Å². The van der Waals surface area contributed by atoms with Gasteiger partial charge in [-0.05, 0) is 19.9 Å². The summed E-state index contributed by atoms with van der Waals surface area (Å²) in [6, 6.07) is 0. The molecule has 0 saturated carbocycles. The van der Waals surface area contributed by atoms with Gasteiger partial charge in [0.05, 0.1) is 6.61 Å². The summed E-state index contributed by atoms with van der Waals surface area (Å²) in [6.07, 6.45) is 0.677. The minimum Gasteiger partial charge on any atom is -0.450 e. The number of ether oxygens (including phenoxy) is 1. The van der Waals surface area contributed by atoms with Crippen LogP contribution >= 0.6 is 0 Å². The zero-order chi connectivity index (χ0) is 10.9. The van der Waals surface area contributed by atoms with Crippen molar-refractivity contribution in [3.63, 3.8) is 0 Å². The highest BCUT2D eigenvalue weighted by Gasteiger charge is 2.08. The Balaban J connectivity index is 1.93. The highest BCUT2D eigenvalue weighted by atomic mass is 16.5. The summed E-state index contributed by atoms with van der Waals surface area (Å²) in [6.45, 7) is 8.36. The molecule has 2 N–H and O–H groups in total. The fourth-order valence-corrected chi connectivity index (χ4v) is 1.61. The molecule has 1 aliphatic heterocycles. The van der Waals surface area contributed by atoms with Crippen LogP contribution in [0.4, 0.5) is 4.79 Å². The number of alkyl carbamates (subject to hydrolysis) is 1. The average molecular weight is 215 g/mol. The zero-order valence-corrected chi connectivity index (χ0v) is 9.42. The third-order valence-electron chi connectivity index (χ3n) is 2.41. The van der Waals surface area contributed by atoms with Gasteiger partial charge in [0.25, 0.3) is 0 Å². The molecular weight excluding hydrogens is 194 g/mol. The first-order valence-electron chi connectivity index (χ1n) is 5.66. The van der Waals surface area contributed by atoms with E-state index in [4.69, 9.17) is 4.74 Å². The van der Waals surface area contributed by atoms with Crippen LogP contribution in [0, 0.1) is 0 Å². The van der Waals surface area contributed by atoms with Gasteiger partial charge in [0, 0.05) is 32.7 Å². The number of rotatable bonds is 5. The maximum Gasteiger partial charge on any atom is 0.407 e. The second-order valence-corrected chi connectivity index (χ2v) is 3.59. The van der Waals surface area contributed by atoms with Gasteiger partial charge in [-0.3, -0.25) is 0 Å². The van der Waals surface area contributed by atoms with E-state index in [0.29, 0.717) is 13.2 Å². The van der Waals surface area contributed by atoms with Crippen LogP contribution in [0.1, 0.15) is 13.3 Å². The van der Waals surface area contributed by atoms with Gasteiger partial charge in [-0.1, -0.05) is 0 Å². The van der Waals surface area contributed by atoms with E-state index < -0.39 is 0 Å². The molecule has 0 aromatic heterocycles. The van der Waals surface area contributed by atoms with Gasteiger partial charge >= 0.3 is 6.09 Å². The minimum absolute atomic E-state index is 0.308. The molecule has 1 rings (SSSR count). The summed E-state index contributed by atoms with van der Waals surface area (Å²) >= 11 is 0. The Hall–Kier alpha value is -0.810. The van der Waals surface area contributed by atoms with Crippen molar-refractivity contribution in [2.45, 2.75) is 13.3 Å². The van der Waals surface area contributed by atoms with Crippen molar-refractivity contribution in [1.29, 1.82) is 0 Å². The molecule has 0 aromatic carbocycles. The fourth-order valence-electron chi connectivity index (χ4n) is 1.61. The number of hydrogen-bond acceptors (Lipinski definition) is 4. The number of nitrogens with zero attached hydrogens (tertiary/aromatic N) is 1. The highest BCUT2D eigenvalue weighted by molar-refractivity contribution is 5.66. The standard InChI is InChI=1S/C10H21N3O2/c1-2-15-10(14)12-4-3-7-13-8-5-11-6-9-13/h11H,2-9H2,1H3,(H,12,14). The van der Waals surface area contributed by atoms with Gasteiger partial charge in [0.15, 0.2) is 0 Å². The molecular formula is C10H21N3O2. The second kappa shape index (κ2) is 7.48. The average Bonchev–Trinajstić information content (AvgIpc) is 2.26. The lowest BCUT2D eigenvalue weighted by Crippen LogP contribution is -2.44. The van der Waals surface area contributed by atoms with Gasteiger partial charge < -0.3 is 20.3 Å². The summed E-state index contributed by atoms with van der Waals surface area (Å²) in [7, 11) is 0. The fraction of sp³-hybridized carbons (Fsp3) is 0.900. The maximum absolute atomic E-state index is 10.9. The number of carbonyl (C=O) groups is 1. The Morgan fingerprint density at radius 1 is 1.47 bits per heavy atom. The van der Waals surface area contributed by atoms with Gasteiger partial charge in [0.1, 0.15) is 0 Å². The molecule has 1 heterocycles. The number of amides is 1. The number of hydrogen-bond donors (Lipinski definition) is 2. The first-order valence-corrected chi connectivity index (χ1v) is 5.66. The van der Waals surface area contributed by atoms with Crippen LogP contribution in [0.15, 0.2) is 0 Å². The highest BCUT2D eigenvalue weighted by Crippen LogP contribution is 1.93. The lowest BCUT2D eigenvalue weighted by Gasteiger charge is -2.26. The first-order chi connectivity index (χ1) is 7.33. The van der Waals surface area contributed by atoms with E-state index in [2.05, 4.69) is 15.5 Å². The lowest BCUT2D eigenvalue weighted by molar-refractivity contribution is 0.151. The molecule has 0 bridgehead atoms. The largest absolute Gasteiger partial charge is 0.450 e. The third-order valence-corrected chi connectivity index (χ3v) is 2.41. The van der Waals surface area contributed by atoms with E-state index in [1.807, 2.05) is 0 Å². The number of carbonyl (C=O) groups excluding carboxylic acids is 1. The smallest absolute Gasteiger partial charge is 0.407 e.